The van der Waals surface area contributed by atoms with Gasteiger partial charge in [-0.15, -0.1) is 0 Å². The highest BCUT2D eigenvalue weighted by Crippen LogP contribution is 2.40. The van der Waals surface area contributed by atoms with Gasteiger partial charge < -0.3 is 0 Å². The zero-order valence-corrected chi connectivity index (χ0v) is 11.2. The molecule has 0 aliphatic carbocycles. The number of benzene rings is 1. The molecule has 1 heterocycles. The average Bonchev–Trinajstić information content (AvgIpc) is 2.36. The first-order valence-corrected chi connectivity index (χ1v) is 5.94. The van der Waals surface area contributed by atoms with Crippen molar-refractivity contribution in [1.29, 1.82) is 0 Å². The molecule has 0 fully saturated rings. The molecule has 2 aromatic rings. The average molecular weight is 318 g/mol. The second-order valence-corrected chi connectivity index (χ2v) is 4.41. The molecular formula is C12H7ClF3N3O2. The summed E-state index contributed by atoms with van der Waals surface area (Å²) in [5.74, 6) is 0. The molecule has 110 valence electrons. The van der Waals surface area contributed by atoms with Crippen LogP contribution in [0.4, 0.5) is 18.9 Å². The van der Waals surface area contributed by atoms with E-state index in [9.17, 15) is 23.3 Å². The summed E-state index contributed by atoms with van der Waals surface area (Å²) in [5, 5.41) is 10.7. The fourth-order valence-electron chi connectivity index (χ4n) is 1.88. The van der Waals surface area contributed by atoms with Gasteiger partial charge in [0.2, 0.25) is 5.28 Å². The number of alkyl halides is 3. The van der Waals surface area contributed by atoms with Crippen molar-refractivity contribution in [3.05, 3.63) is 50.9 Å². The van der Waals surface area contributed by atoms with Crippen molar-refractivity contribution in [1.82, 2.24) is 9.97 Å². The standard InChI is InChI=1S/C12H7ClF3N3O2/c1-6-10(19(20)21)9(18-11(13)17-6)7-4-2-3-5-8(7)12(14,15)16/h2-5H,1H3. The lowest BCUT2D eigenvalue weighted by atomic mass is 10.0. The Bertz CT molecular complexity index is 719. The molecule has 2 rings (SSSR count). The van der Waals surface area contributed by atoms with Crippen molar-refractivity contribution in [3.63, 3.8) is 0 Å². The number of hydrogen-bond acceptors (Lipinski definition) is 4. The number of halogens is 4. The van der Waals surface area contributed by atoms with E-state index in [0.717, 1.165) is 12.1 Å². The third-order valence-corrected chi connectivity index (χ3v) is 2.87. The molecule has 1 aromatic carbocycles. The van der Waals surface area contributed by atoms with Crippen LogP contribution in [-0.4, -0.2) is 14.9 Å². The van der Waals surface area contributed by atoms with Crippen molar-refractivity contribution in [3.8, 4) is 11.3 Å². The molecule has 21 heavy (non-hydrogen) atoms. The topological polar surface area (TPSA) is 68.9 Å². The Kier molecular flexibility index (Phi) is 3.82. The van der Waals surface area contributed by atoms with Crippen molar-refractivity contribution in [2.45, 2.75) is 13.1 Å². The number of aryl methyl sites for hydroxylation is 1. The van der Waals surface area contributed by atoms with E-state index in [2.05, 4.69) is 9.97 Å². The maximum absolute atomic E-state index is 13.0. The van der Waals surface area contributed by atoms with Gasteiger partial charge in [-0.05, 0) is 24.6 Å². The molecule has 0 bridgehead atoms. The summed E-state index contributed by atoms with van der Waals surface area (Å²) in [7, 11) is 0. The highest BCUT2D eigenvalue weighted by molar-refractivity contribution is 6.28. The van der Waals surface area contributed by atoms with Crippen molar-refractivity contribution in [2.75, 3.05) is 0 Å². The first-order valence-electron chi connectivity index (χ1n) is 5.57. The second-order valence-electron chi connectivity index (χ2n) is 4.08. The molecular weight excluding hydrogens is 311 g/mol. The van der Waals surface area contributed by atoms with E-state index < -0.39 is 33.6 Å². The first kappa shape index (κ1) is 15.2. The van der Waals surface area contributed by atoms with E-state index in [0.29, 0.717) is 0 Å². The minimum atomic E-state index is -4.67. The van der Waals surface area contributed by atoms with Gasteiger partial charge >= 0.3 is 11.9 Å². The summed E-state index contributed by atoms with van der Waals surface area (Å²) in [6, 6.07) is 4.45. The van der Waals surface area contributed by atoms with Crippen molar-refractivity contribution < 1.29 is 18.1 Å². The fraction of sp³-hybridized carbons (Fsp3) is 0.167. The second kappa shape index (κ2) is 5.28. The number of aromatic nitrogens is 2. The van der Waals surface area contributed by atoms with Crippen LogP contribution in [0, 0.1) is 17.0 Å². The Morgan fingerprint density at radius 1 is 1.24 bits per heavy atom. The van der Waals surface area contributed by atoms with Gasteiger partial charge in [0.25, 0.3) is 0 Å². The van der Waals surface area contributed by atoms with Gasteiger partial charge in [-0.3, -0.25) is 10.1 Å². The van der Waals surface area contributed by atoms with Gasteiger partial charge in [-0.25, -0.2) is 9.97 Å². The largest absolute Gasteiger partial charge is 0.417 e. The molecule has 0 saturated carbocycles. The van der Waals surface area contributed by atoms with Gasteiger partial charge in [-0.2, -0.15) is 13.2 Å². The lowest BCUT2D eigenvalue weighted by Crippen LogP contribution is -2.09. The molecule has 5 nitrogen and oxygen atoms in total. The summed E-state index contributed by atoms with van der Waals surface area (Å²) in [6.07, 6.45) is -4.67. The zero-order valence-electron chi connectivity index (χ0n) is 10.5. The molecule has 0 radical (unpaired) electrons. The normalized spacial score (nSPS) is 11.5. The van der Waals surface area contributed by atoms with Crippen molar-refractivity contribution >= 4 is 17.3 Å². The Hall–Kier alpha value is -2.22. The Balaban J connectivity index is 2.83. The van der Waals surface area contributed by atoms with Crippen LogP contribution in [0.3, 0.4) is 0 Å². The van der Waals surface area contributed by atoms with E-state index in [1.165, 1.54) is 19.1 Å². The first-order chi connectivity index (χ1) is 9.71. The van der Waals surface area contributed by atoms with Crippen LogP contribution in [-0.2, 0) is 6.18 Å². The van der Waals surface area contributed by atoms with E-state index >= 15 is 0 Å². The van der Waals surface area contributed by atoms with E-state index in [4.69, 9.17) is 11.6 Å². The number of nitro groups is 1. The number of nitrogens with zero attached hydrogens (tertiary/aromatic N) is 3. The number of hydrogen-bond donors (Lipinski definition) is 0. The Morgan fingerprint density at radius 2 is 1.86 bits per heavy atom. The minimum absolute atomic E-state index is 0.105. The highest BCUT2D eigenvalue weighted by atomic mass is 35.5. The van der Waals surface area contributed by atoms with Crippen LogP contribution in [0.15, 0.2) is 24.3 Å². The molecule has 0 spiro atoms. The van der Waals surface area contributed by atoms with Gasteiger partial charge in [0, 0.05) is 5.56 Å². The predicted octanol–water partition coefficient (Wildman–Crippen LogP) is 4.03. The predicted molar refractivity (Wildman–Crippen MR) is 68.9 cm³/mol. The quantitative estimate of drug-likeness (QED) is 0.476. The molecule has 0 aliphatic heterocycles. The molecule has 0 N–H and O–H groups in total. The van der Waals surface area contributed by atoms with Crippen LogP contribution in [0.5, 0.6) is 0 Å². The summed E-state index contributed by atoms with van der Waals surface area (Å²) in [4.78, 5) is 17.5. The monoisotopic (exact) mass is 317 g/mol. The van der Waals surface area contributed by atoms with Crippen LogP contribution < -0.4 is 0 Å². The smallest absolute Gasteiger partial charge is 0.258 e. The lowest BCUT2D eigenvalue weighted by Gasteiger charge is -2.12. The molecule has 0 amide bonds. The third-order valence-electron chi connectivity index (χ3n) is 2.70. The van der Waals surface area contributed by atoms with Crippen molar-refractivity contribution in [2.24, 2.45) is 0 Å². The minimum Gasteiger partial charge on any atom is -0.258 e. The van der Waals surface area contributed by atoms with E-state index in [1.807, 2.05) is 0 Å². The van der Waals surface area contributed by atoms with Crippen LogP contribution in [0.25, 0.3) is 11.3 Å². The molecule has 0 atom stereocenters. The Labute approximate surface area is 121 Å². The highest BCUT2D eigenvalue weighted by Gasteiger charge is 2.36. The third kappa shape index (κ3) is 2.94. The maximum atomic E-state index is 13.0. The van der Waals surface area contributed by atoms with Gasteiger partial charge in [-0.1, -0.05) is 18.2 Å². The van der Waals surface area contributed by atoms with E-state index in [-0.39, 0.29) is 11.0 Å². The molecule has 1 aromatic heterocycles. The number of rotatable bonds is 2. The Morgan fingerprint density at radius 3 is 2.43 bits per heavy atom. The van der Waals surface area contributed by atoms with Crippen LogP contribution in [0.1, 0.15) is 11.3 Å². The van der Waals surface area contributed by atoms with Gasteiger partial charge in [0.15, 0.2) is 5.69 Å². The molecule has 0 unspecified atom stereocenters. The van der Waals surface area contributed by atoms with Crippen LogP contribution >= 0.6 is 11.6 Å². The molecule has 0 saturated heterocycles. The molecule has 9 heteroatoms. The zero-order chi connectivity index (χ0) is 15.8. The summed E-state index contributed by atoms with van der Waals surface area (Å²) in [5.41, 5.74) is -2.60. The summed E-state index contributed by atoms with van der Waals surface area (Å²) in [6.45, 7) is 1.28. The van der Waals surface area contributed by atoms with Gasteiger partial charge in [0.05, 0.1) is 10.5 Å². The van der Waals surface area contributed by atoms with E-state index in [1.54, 1.807) is 0 Å². The fourth-order valence-corrected chi connectivity index (χ4v) is 2.09. The maximum Gasteiger partial charge on any atom is 0.417 e. The SMILES string of the molecule is Cc1nc(Cl)nc(-c2ccccc2C(F)(F)F)c1[N+](=O)[O-]. The van der Waals surface area contributed by atoms with Gasteiger partial charge in [0.1, 0.15) is 5.69 Å². The van der Waals surface area contributed by atoms with Crippen LogP contribution in [0.2, 0.25) is 5.28 Å². The lowest BCUT2D eigenvalue weighted by molar-refractivity contribution is -0.385. The summed E-state index contributed by atoms with van der Waals surface area (Å²) < 4.78 is 39.1. The summed E-state index contributed by atoms with van der Waals surface area (Å²) >= 11 is 5.62. The molecule has 0 aliphatic rings.